The minimum atomic E-state index is -0.669. The summed E-state index contributed by atoms with van der Waals surface area (Å²) in [5.41, 5.74) is 5.62. The predicted octanol–water partition coefficient (Wildman–Crippen LogP) is -0.375. The Morgan fingerprint density at radius 2 is 1.95 bits per heavy atom. The van der Waals surface area contributed by atoms with Crippen molar-refractivity contribution in [1.29, 1.82) is 0 Å². The standard InChI is InChI=1S/C13H21N3O3/c1-16-11(17)6-10(13(16)19)15-12(18)9-4-2-8(7-14)3-5-9/h8-10H,2-7,14H2,1H3,(H,15,18). The molecule has 1 atom stereocenters. The molecular weight excluding hydrogens is 246 g/mol. The fraction of sp³-hybridized carbons (Fsp3) is 0.769. The van der Waals surface area contributed by atoms with Gasteiger partial charge in [-0.3, -0.25) is 19.3 Å². The maximum atomic E-state index is 12.1. The summed E-state index contributed by atoms with van der Waals surface area (Å²) >= 11 is 0. The second-order valence-corrected chi connectivity index (χ2v) is 5.51. The zero-order chi connectivity index (χ0) is 14.0. The SMILES string of the molecule is CN1C(=O)CC(NC(=O)C2CCC(CN)CC2)C1=O. The Bertz CT molecular complexity index is 389. The average molecular weight is 267 g/mol. The van der Waals surface area contributed by atoms with E-state index in [1.54, 1.807) is 0 Å². The molecule has 1 saturated carbocycles. The van der Waals surface area contributed by atoms with Crippen molar-refractivity contribution in [2.75, 3.05) is 13.6 Å². The number of carbonyl (C=O) groups is 3. The lowest BCUT2D eigenvalue weighted by Gasteiger charge is -2.27. The molecular formula is C13H21N3O3. The first-order chi connectivity index (χ1) is 9.02. The van der Waals surface area contributed by atoms with Crippen LogP contribution in [0.5, 0.6) is 0 Å². The third kappa shape index (κ3) is 2.94. The Morgan fingerprint density at radius 1 is 1.32 bits per heavy atom. The highest BCUT2D eigenvalue weighted by molar-refractivity contribution is 6.06. The van der Waals surface area contributed by atoms with E-state index in [0.29, 0.717) is 12.5 Å². The number of carbonyl (C=O) groups excluding carboxylic acids is 3. The Balaban J connectivity index is 1.85. The molecule has 0 aromatic carbocycles. The van der Waals surface area contributed by atoms with E-state index < -0.39 is 6.04 Å². The van der Waals surface area contributed by atoms with Gasteiger partial charge in [0, 0.05) is 13.0 Å². The van der Waals surface area contributed by atoms with Gasteiger partial charge in [0.25, 0.3) is 5.91 Å². The first-order valence-electron chi connectivity index (χ1n) is 6.83. The van der Waals surface area contributed by atoms with E-state index in [4.69, 9.17) is 5.73 Å². The molecule has 1 aliphatic heterocycles. The van der Waals surface area contributed by atoms with Crippen LogP contribution in [-0.2, 0) is 14.4 Å². The summed E-state index contributed by atoms with van der Waals surface area (Å²) in [5, 5.41) is 2.71. The molecule has 106 valence electrons. The number of likely N-dealkylation sites (tertiary alicyclic amines) is 1. The first-order valence-corrected chi connectivity index (χ1v) is 6.83. The van der Waals surface area contributed by atoms with Crippen molar-refractivity contribution in [1.82, 2.24) is 10.2 Å². The molecule has 0 aromatic heterocycles. The molecule has 2 aliphatic rings. The van der Waals surface area contributed by atoms with Crippen molar-refractivity contribution in [3.63, 3.8) is 0 Å². The van der Waals surface area contributed by atoms with Crippen molar-refractivity contribution in [3.05, 3.63) is 0 Å². The van der Waals surface area contributed by atoms with Gasteiger partial charge >= 0.3 is 0 Å². The molecule has 0 bridgehead atoms. The van der Waals surface area contributed by atoms with E-state index in [-0.39, 0.29) is 30.1 Å². The lowest BCUT2D eigenvalue weighted by Crippen LogP contribution is -2.44. The molecule has 0 spiro atoms. The van der Waals surface area contributed by atoms with Gasteiger partial charge in [-0.25, -0.2) is 0 Å². The monoisotopic (exact) mass is 267 g/mol. The molecule has 1 saturated heterocycles. The van der Waals surface area contributed by atoms with Gasteiger partial charge in [0.1, 0.15) is 6.04 Å². The number of hydrogen-bond acceptors (Lipinski definition) is 4. The van der Waals surface area contributed by atoms with E-state index in [2.05, 4.69) is 5.32 Å². The van der Waals surface area contributed by atoms with Gasteiger partial charge < -0.3 is 11.1 Å². The van der Waals surface area contributed by atoms with Crippen LogP contribution < -0.4 is 11.1 Å². The molecule has 3 amide bonds. The normalized spacial score (nSPS) is 31.7. The highest BCUT2D eigenvalue weighted by Crippen LogP contribution is 2.28. The van der Waals surface area contributed by atoms with Crippen molar-refractivity contribution in [2.45, 2.75) is 38.1 Å². The van der Waals surface area contributed by atoms with Gasteiger partial charge in [-0.1, -0.05) is 0 Å². The smallest absolute Gasteiger partial charge is 0.252 e. The molecule has 6 heteroatoms. The fourth-order valence-electron chi connectivity index (χ4n) is 2.82. The number of amides is 3. The molecule has 3 N–H and O–H groups in total. The van der Waals surface area contributed by atoms with Crippen molar-refractivity contribution in [3.8, 4) is 0 Å². The molecule has 2 fully saturated rings. The average Bonchev–Trinajstić information content (AvgIpc) is 2.66. The lowest BCUT2D eigenvalue weighted by molar-refractivity contribution is -0.138. The highest BCUT2D eigenvalue weighted by Gasteiger charge is 2.38. The van der Waals surface area contributed by atoms with Crippen LogP contribution in [0.25, 0.3) is 0 Å². The topological polar surface area (TPSA) is 92.5 Å². The molecule has 1 heterocycles. The summed E-state index contributed by atoms with van der Waals surface area (Å²) in [6.07, 6.45) is 3.65. The maximum Gasteiger partial charge on any atom is 0.252 e. The fourth-order valence-corrected chi connectivity index (χ4v) is 2.82. The second-order valence-electron chi connectivity index (χ2n) is 5.51. The van der Waals surface area contributed by atoms with Crippen LogP contribution in [0.1, 0.15) is 32.1 Å². The number of nitrogens with two attached hydrogens (primary N) is 1. The van der Waals surface area contributed by atoms with E-state index in [1.807, 2.05) is 0 Å². The summed E-state index contributed by atoms with van der Waals surface area (Å²) in [4.78, 5) is 36.2. The van der Waals surface area contributed by atoms with Crippen LogP contribution in [0.2, 0.25) is 0 Å². The van der Waals surface area contributed by atoms with Crippen LogP contribution in [-0.4, -0.2) is 42.3 Å². The molecule has 0 radical (unpaired) electrons. The van der Waals surface area contributed by atoms with Gasteiger partial charge in [0.05, 0.1) is 6.42 Å². The van der Waals surface area contributed by atoms with Crippen molar-refractivity contribution < 1.29 is 14.4 Å². The minimum Gasteiger partial charge on any atom is -0.344 e. The largest absolute Gasteiger partial charge is 0.344 e. The van der Waals surface area contributed by atoms with Crippen LogP contribution >= 0.6 is 0 Å². The van der Waals surface area contributed by atoms with Crippen LogP contribution in [0.3, 0.4) is 0 Å². The first kappa shape index (κ1) is 14.0. The number of hydrogen-bond donors (Lipinski definition) is 2. The summed E-state index contributed by atoms with van der Waals surface area (Å²) in [6.45, 7) is 0.675. The quantitative estimate of drug-likeness (QED) is 0.682. The Labute approximate surface area is 112 Å². The zero-order valence-corrected chi connectivity index (χ0v) is 11.2. The summed E-state index contributed by atoms with van der Waals surface area (Å²) in [7, 11) is 1.45. The number of nitrogens with zero attached hydrogens (tertiary/aromatic N) is 1. The third-order valence-corrected chi connectivity index (χ3v) is 4.25. The van der Waals surface area contributed by atoms with E-state index in [1.165, 1.54) is 7.05 Å². The molecule has 19 heavy (non-hydrogen) atoms. The van der Waals surface area contributed by atoms with Crippen LogP contribution in [0.15, 0.2) is 0 Å². The minimum absolute atomic E-state index is 0.0448. The highest BCUT2D eigenvalue weighted by atomic mass is 16.2. The molecule has 6 nitrogen and oxygen atoms in total. The molecule has 0 aromatic rings. The van der Waals surface area contributed by atoms with Crippen LogP contribution in [0, 0.1) is 11.8 Å². The van der Waals surface area contributed by atoms with Crippen molar-refractivity contribution in [2.24, 2.45) is 17.6 Å². The zero-order valence-electron chi connectivity index (χ0n) is 11.2. The third-order valence-electron chi connectivity index (χ3n) is 4.25. The summed E-state index contributed by atoms with van der Waals surface area (Å²) in [5.74, 6) is -0.172. The summed E-state index contributed by atoms with van der Waals surface area (Å²) in [6, 6.07) is -0.669. The lowest BCUT2D eigenvalue weighted by atomic mass is 9.81. The molecule has 2 rings (SSSR count). The van der Waals surface area contributed by atoms with Gasteiger partial charge in [-0.15, -0.1) is 0 Å². The Hall–Kier alpha value is -1.43. The van der Waals surface area contributed by atoms with Gasteiger partial charge in [-0.2, -0.15) is 0 Å². The van der Waals surface area contributed by atoms with E-state index >= 15 is 0 Å². The predicted molar refractivity (Wildman–Crippen MR) is 68.8 cm³/mol. The number of rotatable bonds is 3. The maximum absolute atomic E-state index is 12.1. The summed E-state index contributed by atoms with van der Waals surface area (Å²) < 4.78 is 0. The van der Waals surface area contributed by atoms with Crippen molar-refractivity contribution >= 4 is 17.7 Å². The number of imide groups is 1. The Morgan fingerprint density at radius 3 is 2.42 bits per heavy atom. The number of likely N-dealkylation sites (N-methyl/N-ethyl adjacent to an activating group) is 1. The number of nitrogens with one attached hydrogen (secondary N) is 1. The molecule has 1 aliphatic carbocycles. The van der Waals surface area contributed by atoms with Crippen LogP contribution in [0.4, 0.5) is 0 Å². The van der Waals surface area contributed by atoms with Gasteiger partial charge in [0.15, 0.2) is 0 Å². The molecule has 1 unspecified atom stereocenters. The Kier molecular flexibility index (Phi) is 4.19. The van der Waals surface area contributed by atoms with Gasteiger partial charge in [-0.05, 0) is 38.1 Å². The van der Waals surface area contributed by atoms with E-state index in [0.717, 1.165) is 30.6 Å². The van der Waals surface area contributed by atoms with E-state index in [9.17, 15) is 14.4 Å². The second kappa shape index (κ2) is 5.69. The van der Waals surface area contributed by atoms with Gasteiger partial charge in [0.2, 0.25) is 11.8 Å².